The number of carbonyl (C=O) groups is 2. The quantitative estimate of drug-likeness (QED) is 0.593. The molecule has 2 amide bonds. The zero-order chi connectivity index (χ0) is 19.4. The number of hydrogen-bond donors (Lipinski definition) is 0. The number of hydrogen-bond acceptors (Lipinski definition) is 3. The Bertz CT molecular complexity index is 752. The highest BCUT2D eigenvalue weighted by Gasteiger charge is 2.38. The molecule has 0 N–H and O–H groups in total. The van der Waals surface area contributed by atoms with Gasteiger partial charge in [-0.15, -0.1) is 6.42 Å². The molecule has 2 atom stereocenters. The lowest BCUT2D eigenvalue weighted by Gasteiger charge is -2.34. The summed E-state index contributed by atoms with van der Waals surface area (Å²) >= 11 is 0. The Hall–Kier alpha value is -2.32. The first-order valence-corrected chi connectivity index (χ1v) is 9.67. The summed E-state index contributed by atoms with van der Waals surface area (Å²) in [4.78, 5) is 29.2. The van der Waals surface area contributed by atoms with E-state index in [4.69, 9.17) is 11.2 Å². The topological polar surface area (TPSA) is 49.9 Å². The first-order valence-electron chi connectivity index (χ1n) is 9.67. The maximum absolute atomic E-state index is 13.0. The molecule has 0 bridgehead atoms. The second-order valence-electron chi connectivity index (χ2n) is 7.69. The number of anilines is 1. The van der Waals surface area contributed by atoms with Crippen LogP contribution in [0.5, 0.6) is 0 Å². The highest BCUT2D eigenvalue weighted by atomic mass is 16.5. The standard InChI is InChI=1S/C22H28N2O3/c1-4-10-27-15-18-6-5-9-23(13-18)22(26)19-12-21(25)24(14-19)20-8-7-16(2)17(3)11-20/h1,7-8,11,18-19H,5-6,9-10,12-15H2,2-3H3. The average Bonchev–Trinajstić information content (AvgIpc) is 3.05. The number of carbonyl (C=O) groups excluding carboxylic acids is 2. The van der Waals surface area contributed by atoms with Crippen LogP contribution in [-0.2, 0) is 14.3 Å². The molecule has 3 rings (SSSR count). The highest BCUT2D eigenvalue weighted by Crippen LogP contribution is 2.29. The molecule has 0 aromatic heterocycles. The maximum Gasteiger partial charge on any atom is 0.228 e. The van der Waals surface area contributed by atoms with E-state index in [2.05, 4.69) is 12.8 Å². The van der Waals surface area contributed by atoms with Crippen molar-refractivity contribution in [3.05, 3.63) is 29.3 Å². The molecule has 2 aliphatic rings. The summed E-state index contributed by atoms with van der Waals surface area (Å²) in [6, 6.07) is 6.02. The minimum absolute atomic E-state index is 0.0301. The molecule has 2 unspecified atom stereocenters. The maximum atomic E-state index is 13.0. The lowest BCUT2D eigenvalue weighted by atomic mass is 9.97. The van der Waals surface area contributed by atoms with Gasteiger partial charge in [-0.3, -0.25) is 9.59 Å². The van der Waals surface area contributed by atoms with Crippen molar-refractivity contribution in [3.63, 3.8) is 0 Å². The molecule has 2 heterocycles. The van der Waals surface area contributed by atoms with Crippen molar-refractivity contribution in [2.45, 2.75) is 33.1 Å². The Morgan fingerprint density at radius 3 is 2.85 bits per heavy atom. The number of ether oxygens (including phenoxy) is 1. The molecule has 2 saturated heterocycles. The monoisotopic (exact) mass is 368 g/mol. The molecule has 5 heteroatoms. The van der Waals surface area contributed by atoms with E-state index in [0.29, 0.717) is 38.6 Å². The van der Waals surface area contributed by atoms with Crippen LogP contribution in [0.15, 0.2) is 18.2 Å². The smallest absolute Gasteiger partial charge is 0.228 e. The van der Waals surface area contributed by atoms with E-state index in [-0.39, 0.29) is 17.7 Å². The molecule has 0 saturated carbocycles. The van der Waals surface area contributed by atoms with Gasteiger partial charge in [-0.25, -0.2) is 0 Å². The van der Waals surface area contributed by atoms with E-state index < -0.39 is 0 Å². The summed E-state index contributed by atoms with van der Waals surface area (Å²) in [5, 5.41) is 0. The Morgan fingerprint density at radius 1 is 1.30 bits per heavy atom. The van der Waals surface area contributed by atoms with E-state index in [0.717, 1.165) is 30.6 Å². The lowest BCUT2D eigenvalue weighted by Crippen LogP contribution is -2.44. The van der Waals surface area contributed by atoms with Crippen LogP contribution in [0.3, 0.4) is 0 Å². The molecule has 1 aromatic rings. The van der Waals surface area contributed by atoms with E-state index in [1.165, 1.54) is 5.56 Å². The molecule has 5 nitrogen and oxygen atoms in total. The van der Waals surface area contributed by atoms with Gasteiger partial charge in [0.25, 0.3) is 0 Å². The molecule has 0 spiro atoms. The van der Waals surface area contributed by atoms with E-state index in [1.54, 1.807) is 4.90 Å². The first kappa shape index (κ1) is 19.4. The number of piperidine rings is 1. The number of likely N-dealkylation sites (tertiary alicyclic amines) is 1. The number of benzene rings is 1. The van der Waals surface area contributed by atoms with Crippen LogP contribution < -0.4 is 4.90 Å². The zero-order valence-electron chi connectivity index (χ0n) is 16.2. The summed E-state index contributed by atoms with van der Waals surface area (Å²) in [5.74, 6) is 2.66. The van der Waals surface area contributed by atoms with Crippen molar-refractivity contribution in [1.82, 2.24) is 4.90 Å². The largest absolute Gasteiger partial charge is 0.368 e. The molecule has 1 aromatic carbocycles. The second-order valence-corrected chi connectivity index (χ2v) is 7.69. The fourth-order valence-corrected chi connectivity index (χ4v) is 3.96. The molecule has 0 radical (unpaired) electrons. The molecule has 2 fully saturated rings. The minimum Gasteiger partial charge on any atom is -0.368 e. The van der Waals surface area contributed by atoms with Crippen LogP contribution in [0.4, 0.5) is 5.69 Å². The van der Waals surface area contributed by atoms with E-state index in [1.807, 2.05) is 30.0 Å². The predicted octanol–water partition coefficient (Wildman–Crippen LogP) is 2.54. The summed E-state index contributed by atoms with van der Waals surface area (Å²) in [6.45, 7) is 6.92. The Labute approximate surface area is 161 Å². The molecule has 144 valence electrons. The third-order valence-corrected chi connectivity index (χ3v) is 5.65. The van der Waals surface area contributed by atoms with Crippen LogP contribution in [0.2, 0.25) is 0 Å². The number of amides is 2. The van der Waals surface area contributed by atoms with Gasteiger partial charge < -0.3 is 14.5 Å². The Kier molecular flexibility index (Phi) is 6.18. The zero-order valence-corrected chi connectivity index (χ0v) is 16.2. The molecule has 27 heavy (non-hydrogen) atoms. The molecule has 0 aliphatic carbocycles. The number of nitrogens with zero attached hydrogens (tertiary/aromatic N) is 2. The summed E-state index contributed by atoms with van der Waals surface area (Å²) in [7, 11) is 0. The summed E-state index contributed by atoms with van der Waals surface area (Å²) < 4.78 is 5.45. The van der Waals surface area contributed by atoms with Crippen molar-refractivity contribution < 1.29 is 14.3 Å². The third-order valence-electron chi connectivity index (χ3n) is 5.65. The average molecular weight is 368 g/mol. The van der Waals surface area contributed by atoms with Crippen molar-refractivity contribution in [1.29, 1.82) is 0 Å². The van der Waals surface area contributed by atoms with Crippen molar-refractivity contribution in [2.75, 3.05) is 37.7 Å². The van der Waals surface area contributed by atoms with Crippen molar-refractivity contribution in [3.8, 4) is 12.3 Å². The van der Waals surface area contributed by atoms with Gasteiger partial charge in [-0.1, -0.05) is 12.0 Å². The molecular formula is C22H28N2O3. The molecule has 2 aliphatic heterocycles. The van der Waals surface area contributed by atoms with Crippen LogP contribution in [-0.4, -0.2) is 49.6 Å². The van der Waals surface area contributed by atoms with Gasteiger partial charge in [0.15, 0.2) is 0 Å². The van der Waals surface area contributed by atoms with Crippen LogP contribution in [0.25, 0.3) is 0 Å². The predicted molar refractivity (Wildman–Crippen MR) is 105 cm³/mol. The van der Waals surface area contributed by atoms with Crippen LogP contribution in [0.1, 0.15) is 30.4 Å². The Balaban J connectivity index is 1.61. The van der Waals surface area contributed by atoms with Gasteiger partial charge >= 0.3 is 0 Å². The fraction of sp³-hybridized carbons (Fsp3) is 0.545. The first-order chi connectivity index (χ1) is 13.0. The lowest BCUT2D eigenvalue weighted by molar-refractivity contribution is -0.138. The fourth-order valence-electron chi connectivity index (χ4n) is 3.96. The second kappa shape index (κ2) is 8.58. The van der Waals surface area contributed by atoms with Gasteiger partial charge in [0.2, 0.25) is 11.8 Å². The summed E-state index contributed by atoms with van der Waals surface area (Å²) in [5.41, 5.74) is 3.24. The van der Waals surface area contributed by atoms with Gasteiger partial charge in [0, 0.05) is 31.7 Å². The molecular weight excluding hydrogens is 340 g/mol. The summed E-state index contributed by atoms with van der Waals surface area (Å²) in [6.07, 6.45) is 7.53. The van der Waals surface area contributed by atoms with Crippen molar-refractivity contribution in [2.24, 2.45) is 11.8 Å². The van der Waals surface area contributed by atoms with Crippen molar-refractivity contribution >= 4 is 17.5 Å². The van der Waals surface area contributed by atoms with Gasteiger partial charge in [0.1, 0.15) is 6.61 Å². The number of rotatable bonds is 5. The third kappa shape index (κ3) is 4.51. The van der Waals surface area contributed by atoms with Gasteiger partial charge in [-0.2, -0.15) is 0 Å². The normalized spacial score (nSPS) is 22.8. The van der Waals surface area contributed by atoms with Crippen LogP contribution >= 0.6 is 0 Å². The highest BCUT2D eigenvalue weighted by molar-refractivity contribution is 6.00. The Morgan fingerprint density at radius 2 is 2.11 bits per heavy atom. The van der Waals surface area contributed by atoms with E-state index >= 15 is 0 Å². The van der Waals surface area contributed by atoms with E-state index in [9.17, 15) is 9.59 Å². The van der Waals surface area contributed by atoms with Gasteiger partial charge in [0.05, 0.1) is 12.5 Å². The van der Waals surface area contributed by atoms with Crippen LogP contribution in [0, 0.1) is 38.0 Å². The minimum atomic E-state index is -0.260. The van der Waals surface area contributed by atoms with Gasteiger partial charge in [-0.05, 0) is 55.9 Å². The number of aryl methyl sites for hydroxylation is 2. The number of terminal acetylenes is 1. The SMILES string of the molecule is C#CCOCC1CCCN(C(=O)C2CC(=O)N(c3ccc(C)c(C)c3)C2)C1.